The van der Waals surface area contributed by atoms with Crippen molar-refractivity contribution in [3.05, 3.63) is 23.8 Å². The lowest BCUT2D eigenvalue weighted by atomic mass is 10.3. The van der Waals surface area contributed by atoms with Crippen LogP contribution in [0.15, 0.2) is 12.3 Å². The van der Waals surface area contributed by atoms with E-state index in [-0.39, 0.29) is 0 Å². The van der Waals surface area contributed by atoms with Crippen molar-refractivity contribution in [3.8, 4) is 0 Å². The summed E-state index contributed by atoms with van der Waals surface area (Å²) in [4.78, 5) is 8.52. The molecule has 4 nitrogen and oxygen atoms in total. The fourth-order valence-electron chi connectivity index (χ4n) is 1.11. The maximum absolute atomic E-state index is 5.25. The summed E-state index contributed by atoms with van der Waals surface area (Å²) in [7, 11) is 0. The second-order valence-electron chi connectivity index (χ2n) is 3.64. The lowest BCUT2D eigenvalue weighted by Crippen LogP contribution is -2.22. The van der Waals surface area contributed by atoms with E-state index in [1.165, 1.54) is 0 Å². The number of nitrogens with zero attached hydrogens (tertiary/aromatic N) is 2. The molecule has 1 aromatic heterocycles. The first kappa shape index (κ1) is 12.1. The summed E-state index contributed by atoms with van der Waals surface area (Å²) >= 11 is 0. The second-order valence-corrected chi connectivity index (χ2v) is 3.64. The summed E-state index contributed by atoms with van der Waals surface area (Å²) in [6.45, 7) is 8.15. The van der Waals surface area contributed by atoms with Gasteiger partial charge in [-0.2, -0.15) is 0 Å². The van der Waals surface area contributed by atoms with Gasteiger partial charge >= 0.3 is 0 Å². The van der Waals surface area contributed by atoms with Crippen molar-refractivity contribution in [1.82, 2.24) is 15.3 Å². The second kappa shape index (κ2) is 6.48. The van der Waals surface area contributed by atoms with E-state index >= 15 is 0 Å². The topological polar surface area (TPSA) is 47.0 Å². The molecule has 0 unspecified atom stereocenters. The molecule has 0 amide bonds. The Balaban J connectivity index is 2.50. The predicted molar refractivity (Wildman–Crippen MR) is 59.3 cm³/mol. The van der Waals surface area contributed by atoms with E-state index in [4.69, 9.17) is 4.74 Å². The average Bonchev–Trinajstić information content (AvgIpc) is 2.24. The van der Waals surface area contributed by atoms with Crippen LogP contribution in [0.3, 0.4) is 0 Å². The minimum Gasteiger partial charge on any atom is -0.374 e. The van der Waals surface area contributed by atoms with Crippen LogP contribution in [0.2, 0.25) is 0 Å². The minimum atomic E-state index is 0.468. The Labute approximate surface area is 91.1 Å². The molecule has 1 N–H and O–H groups in total. The maximum Gasteiger partial charge on any atom is 0.154 e. The lowest BCUT2D eigenvalue weighted by molar-refractivity contribution is 0.128. The van der Waals surface area contributed by atoms with Crippen LogP contribution in [0.4, 0.5) is 0 Å². The summed E-state index contributed by atoms with van der Waals surface area (Å²) in [6, 6.07) is 2.39. The van der Waals surface area contributed by atoms with Gasteiger partial charge in [-0.25, -0.2) is 9.97 Å². The predicted octanol–water partition coefficient (Wildman–Crippen LogP) is 1.51. The summed E-state index contributed by atoms with van der Waals surface area (Å²) in [5.41, 5.74) is 1.01. The Kier molecular flexibility index (Phi) is 5.21. The Morgan fingerprint density at radius 3 is 2.93 bits per heavy atom. The van der Waals surface area contributed by atoms with E-state index in [0.717, 1.165) is 18.1 Å². The Bertz CT molecular complexity index is 289. The van der Waals surface area contributed by atoms with Crippen molar-refractivity contribution in [2.45, 2.75) is 40.0 Å². The third-order valence-corrected chi connectivity index (χ3v) is 1.89. The van der Waals surface area contributed by atoms with Gasteiger partial charge < -0.3 is 10.1 Å². The normalized spacial score (nSPS) is 10.9. The van der Waals surface area contributed by atoms with E-state index < -0.39 is 0 Å². The molecule has 0 aliphatic rings. The van der Waals surface area contributed by atoms with Gasteiger partial charge in [-0.15, -0.1) is 0 Å². The molecule has 84 valence electrons. The number of nitrogens with one attached hydrogen (secondary N) is 1. The third kappa shape index (κ3) is 4.85. The number of ether oxygens (including phenoxy) is 1. The van der Waals surface area contributed by atoms with Crippen molar-refractivity contribution in [1.29, 1.82) is 0 Å². The zero-order valence-electron chi connectivity index (χ0n) is 9.66. The highest BCUT2D eigenvalue weighted by atomic mass is 16.5. The average molecular weight is 209 g/mol. The van der Waals surface area contributed by atoms with E-state index in [9.17, 15) is 0 Å². The molecule has 0 saturated carbocycles. The maximum atomic E-state index is 5.25. The van der Waals surface area contributed by atoms with E-state index in [1.807, 2.05) is 13.0 Å². The Morgan fingerprint density at radius 2 is 2.27 bits per heavy atom. The van der Waals surface area contributed by atoms with E-state index in [1.54, 1.807) is 6.20 Å². The largest absolute Gasteiger partial charge is 0.374 e. The fourth-order valence-corrected chi connectivity index (χ4v) is 1.11. The molecule has 0 aromatic carbocycles. The van der Waals surface area contributed by atoms with Crippen LogP contribution in [0.5, 0.6) is 0 Å². The zero-order chi connectivity index (χ0) is 11.1. The SMILES string of the molecule is CCOCc1nccc(CNC(C)C)n1. The molecule has 1 heterocycles. The molecule has 0 radical (unpaired) electrons. The van der Waals surface area contributed by atoms with Crippen LogP contribution in [-0.4, -0.2) is 22.6 Å². The van der Waals surface area contributed by atoms with Crippen LogP contribution < -0.4 is 5.32 Å². The first-order valence-corrected chi connectivity index (χ1v) is 5.34. The van der Waals surface area contributed by atoms with Crippen LogP contribution >= 0.6 is 0 Å². The van der Waals surface area contributed by atoms with Crippen molar-refractivity contribution in [3.63, 3.8) is 0 Å². The highest BCUT2D eigenvalue weighted by Crippen LogP contribution is 1.98. The van der Waals surface area contributed by atoms with Gasteiger partial charge in [-0.05, 0) is 13.0 Å². The van der Waals surface area contributed by atoms with Gasteiger partial charge in [-0.3, -0.25) is 0 Å². The van der Waals surface area contributed by atoms with Gasteiger partial charge in [0.05, 0.1) is 5.69 Å². The Morgan fingerprint density at radius 1 is 1.47 bits per heavy atom. The summed E-state index contributed by atoms with van der Waals surface area (Å²) in [6.07, 6.45) is 1.78. The molecule has 0 saturated heterocycles. The smallest absolute Gasteiger partial charge is 0.154 e. The molecule has 1 rings (SSSR count). The monoisotopic (exact) mass is 209 g/mol. The third-order valence-electron chi connectivity index (χ3n) is 1.89. The molecule has 0 bridgehead atoms. The van der Waals surface area contributed by atoms with Gasteiger partial charge in [0.25, 0.3) is 0 Å². The summed E-state index contributed by atoms with van der Waals surface area (Å²) in [5.74, 6) is 0.750. The van der Waals surface area contributed by atoms with Crippen LogP contribution in [0, 0.1) is 0 Å². The highest BCUT2D eigenvalue weighted by molar-refractivity contribution is 5.01. The molecule has 15 heavy (non-hydrogen) atoms. The summed E-state index contributed by atoms with van der Waals surface area (Å²) < 4.78 is 5.25. The molecule has 0 spiro atoms. The lowest BCUT2D eigenvalue weighted by Gasteiger charge is -2.08. The highest BCUT2D eigenvalue weighted by Gasteiger charge is 2.00. The number of hydrogen-bond acceptors (Lipinski definition) is 4. The van der Waals surface area contributed by atoms with Crippen LogP contribution in [0.25, 0.3) is 0 Å². The molecule has 0 atom stereocenters. The van der Waals surface area contributed by atoms with Gasteiger partial charge in [-0.1, -0.05) is 13.8 Å². The molecule has 1 aromatic rings. The number of hydrogen-bond donors (Lipinski definition) is 1. The molecule has 0 fully saturated rings. The first-order valence-electron chi connectivity index (χ1n) is 5.34. The van der Waals surface area contributed by atoms with Gasteiger partial charge in [0.1, 0.15) is 6.61 Å². The summed E-state index contributed by atoms with van der Waals surface area (Å²) in [5, 5.41) is 3.31. The zero-order valence-corrected chi connectivity index (χ0v) is 9.66. The van der Waals surface area contributed by atoms with E-state index in [0.29, 0.717) is 19.3 Å². The minimum absolute atomic E-state index is 0.468. The molecule has 0 aliphatic heterocycles. The van der Waals surface area contributed by atoms with Crippen molar-refractivity contribution in [2.75, 3.05) is 6.61 Å². The van der Waals surface area contributed by atoms with Crippen LogP contribution in [0.1, 0.15) is 32.3 Å². The molecule has 4 heteroatoms. The van der Waals surface area contributed by atoms with Gasteiger partial charge in [0, 0.05) is 25.4 Å². The van der Waals surface area contributed by atoms with Crippen molar-refractivity contribution >= 4 is 0 Å². The quantitative estimate of drug-likeness (QED) is 0.771. The van der Waals surface area contributed by atoms with Gasteiger partial charge in [0.2, 0.25) is 0 Å². The van der Waals surface area contributed by atoms with Gasteiger partial charge in [0.15, 0.2) is 5.82 Å². The molecular formula is C11H19N3O. The van der Waals surface area contributed by atoms with Crippen molar-refractivity contribution < 1.29 is 4.74 Å². The number of aromatic nitrogens is 2. The standard InChI is InChI=1S/C11H19N3O/c1-4-15-8-11-12-6-5-10(14-11)7-13-9(2)3/h5-6,9,13H,4,7-8H2,1-3H3. The van der Waals surface area contributed by atoms with Crippen LogP contribution in [-0.2, 0) is 17.9 Å². The first-order chi connectivity index (χ1) is 7.22. The molecule has 0 aliphatic carbocycles. The number of rotatable bonds is 6. The molecular weight excluding hydrogens is 190 g/mol. The van der Waals surface area contributed by atoms with Crippen molar-refractivity contribution in [2.24, 2.45) is 0 Å². The Hall–Kier alpha value is -1.00. The van der Waals surface area contributed by atoms with E-state index in [2.05, 4.69) is 29.1 Å². The fraction of sp³-hybridized carbons (Fsp3) is 0.636.